The highest BCUT2D eigenvalue weighted by atomic mass is 32.1. The van der Waals surface area contributed by atoms with Gasteiger partial charge in [0.25, 0.3) is 11.8 Å². The van der Waals surface area contributed by atoms with Gasteiger partial charge in [-0.15, -0.1) is 11.3 Å². The van der Waals surface area contributed by atoms with Gasteiger partial charge < -0.3 is 11.1 Å². The third-order valence-electron chi connectivity index (χ3n) is 5.55. The summed E-state index contributed by atoms with van der Waals surface area (Å²) in [6.45, 7) is 8.63. The van der Waals surface area contributed by atoms with Crippen LogP contribution < -0.4 is 11.1 Å². The lowest BCUT2D eigenvalue weighted by Gasteiger charge is -2.21. The summed E-state index contributed by atoms with van der Waals surface area (Å²) in [4.78, 5) is 26.1. The smallest absolute Gasteiger partial charge is 0.256 e. The Morgan fingerprint density at radius 1 is 1.21 bits per heavy atom. The van der Waals surface area contributed by atoms with Crippen LogP contribution in [0.4, 0.5) is 5.00 Å². The van der Waals surface area contributed by atoms with Crippen LogP contribution in [0, 0.1) is 5.92 Å². The van der Waals surface area contributed by atoms with E-state index in [9.17, 15) is 9.59 Å². The summed E-state index contributed by atoms with van der Waals surface area (Å²) in [5, 5.41) is 3.55. The normalized spacial score (nSPS) is 16.5. The molecule has 0 fully saturated rings. The maximum absolute atomic E-state index is 12.8. The lowest BCUT2D eigenvalue weighted by atomic mass is 9.84. The summed E-state index contributed by atoms with van der Waals surface area (Å²) in [6, 6.07) is 7.65. The van der Waals surface area contributed by atoms with E-state index in [-0.39, 0.29) is 11.3 Å². The lowest BCUT2D eigenvalue weighted by Crippen LogP contribution is -2.20. The number of carbonyl (C=O) groups excluding carboxylic acids is 2. The average Bonchev–Trinajstić information content (AvgIpc) is 2.98. The molecule has 4 nitrogen and oxygen atoms in total. The van der Waals surface area contributed by atoms with Gasteiger partial charge in [-0.05, 0) is 53.9 Å². The lowest BCUT2D eigenvalue weighted by molar-refractivity contribution is 0.1000. The number of fused-ring (bicyclic) bond motifs is 1. The Balaban J connectivity index is 1.84. The third kappa shape index (κ3) is 4.30. The monoisotopic (exact) mass is 398 g/mol. The van der Waals surface area contributed by atoms with Crippen LogP contribution in [0.15, 0.2) is 24.3 Å². The Labute approximate surface area is 171 Å². The largest absolute Gasteiger partial charge is 0.365 e. The van der Waals surface area contributed by atoms with E-state index in [1.807, 2.05) is 24.3 Å². The highest BCUT2D eigenvalue weighted by Gasteiger charge is 2.28. The topological polar surface area (TPSA) is 72.2 Å². The number of benzene rings is 1. The van der Waals surface area contributed by atoms with Gasteiger partial charge in [-0.1, -0.05) is 52.7 Å². The Kier molecular flexibility index (Phi) is 5.94. The molecule has 28 heavy (non-hydrogen) atoms. The molecule has 0 saturated carbocycles. The van der Waals surface area contributed by atoms with E-state index in [0.29, 0.717) is 22.0 Å². The number of thiophene rings is 1. The number of hydrogen-bond donors (Lipinski definition) is 2. The van der Waals surface area contributed by atoms with Crippen molar-refractivity contribution < 1.29 is 9.59 Å². The van der Waals surface area contributed by atoms with Gasteiger partial charge in [0.05, 0.1) is 5.56 Å². The minimum absolute atomic E-state index is 0.0377. The van der Waals surface area contributed by atoms with Crippen molar-refractivity contribution in [1.82, 2.24) is 0 Å². The number of rotatable bonds is 5. The number of carbonyl (C=O) groups is 2. The first-order valence-corrected chi connectivity index (χ1v) is 10.9. The Bertz CT molecular complexity index is 875. The first kappa shape index (κ1) is 20.6. The van der Waals surface area contributed by atoms with E-state index in [1.165, 1.54) is 34.6 Å². The number of hydrogen-bond acceptors (Lipinski definition) is 3. The molecule has 5 heteroatoms. The van der Waals surface area contributed by atoms with Crippen molar-refractivity contribution in [2.75, 3.05) is 5.32 Å². The van der Waals surface area contributed by atoms with Crippen LogP contribution in [0.2, 0.25) is 0 Å². The van der Waals surface area contributed by atoms with Crippen molar-refractivity contribution >= 4 is 28.2 Å². The SMILES string of the molecule is CCCC1CCc2c(sc(NC(=O)c3ccc(C(C)(C)C)cc3)c2C(N)=O)C1. The van der Waals surface area contributed by atoms with Gasteiger partial charge in [0.2, 0.25) is 0 Å². The molecular weight excluding hydrogens is 368 g/mol. The van der Waals surface area contributed by atoms with E-state index in [0.717, 1.165) is 24.8 Å². The standard InChI is InChI=1S/C23H30N2O2S/c1-5-6-14-7-12-17-18(13-14)28-22(19(17)20(24)26)25-21(27)15-8-10-16(11-9-15)23(2,3)4/h8-11,14H,5-7,12-13H2,1-4H3,(H2,24,26)(H,25,27). The molecule has 3 N–H and O–H groups in total. The second-order valence-corrected chi connectivity index (χ2v) is 9.86. The van der Waals surface area contributed by atoms with Crippen LogP contribution in [0.3, 0.4) is 0 Å². The van der Waals surface area contributed by atoms with Crippen molar-refractivity contribution in [1.29, 1.82) is 0 Å². The predicted molar refractivity (Wildman–Crippen MR) is 116 cm³/mol. The zero-order valence-corrected chi connectivity index (χ0v) is 18.0. The van der Waals surface area contributed by atoms with Gasteiger partial charge in [-0.25, -0.2) is 0 Å². The molecule has 1 aromatic heterocycles. The molecule has 0 aliphatic heterocycles. The van der Waals surface area contributed by atoms with Gasteiger partial charge >= 0.3 is 0 Å². The molecule has 2 aromatic rings. The molecule has 1 aromatic carbocycles. The second-order valence-electron chi connectivity index (χ2n) is 8.75. The van der Waals surface area contributed by atoms with E-state index in [1.54, 1.807) is 0 Å². The molecule has 0 saturated heterocycles. The van der Waals surface area contributed by atoms with Crippen LogP contribution in [0.1, 0.15) is 83.7 Å². The summed E-state index contributed by atoms with van der Waals surface area (Å²) in [6.07, 6.45) is 5.29. The van der Waals surface area contributed by atoms with Crippen molar-refractivity contribution in [2.24, 2.45) is 11.7 Å². The molecule has 3 rings (SSSR count). The van der Waals surface area contributed by atoms with E-state index >= 15 is 0 Å². The summed E-state index contributed by atoms with van der Waals surface area (Å²) in [5.74, 6) is 0.00172. The number of anilines is 1. The van der Waals surface area contributed by atoms with Gasteiger partial charge in [-0.3, -0.25) is 9.59 Å². The summed E-state index contributed by atoms with van der Waals surface area (Å²) < 4.78 is 0. The Morgan fingerprint density at radius 2 is 1.89 bits per heavy atom. The predicted octanol–water partition coefficient (Wildman–Crippen LogP) is 5.30. The van der Waals surface area contributed by atoms with Crippen molar-refractivity contribution in [3.8, 4) is 0 Å². The minimum Gasteiger partial charge on any atom is -0.365 e. The molecule has 1 unspecified atom stereocenters. The molecule has 0 spiro atoms. The van der Waals surface area contributed by atoms with Gasteiger partial charge in [0.1, 0.15) is 5.00 Å². The number of nitrogens with two attached hydrogens (primary N) is 1. The van der Waals surface area contributed by atoms with E-state index < -0.39 is 5.91 Å². The fourth-order valence-corrected chi connectivity index (χ4v) is 5.32. The molecule has 2 amide bonds. The molecule has 0 bridgehead atoms. The zero-order chi connectivity index (χ0) is 20.5. The molecule has 1 heterocycles. The van der Waals surface area contributed by atoms with E-state index in [4.69, 9.17) is 5.73 Å². The molecule has 1 atom stereocenters. The average molecular weight is 399 g/mol. The van der Waals surface area contributed by atoms with Crippen molar-refractivity contribution in [3.05, 3.63) is 51.4 Å². The highest BCUT2D eigenvalue weighted by Crippen LogP contribution is 2.40. The third-order valence-corrected chi connectivity index (χ3v) is 6.72. The number of primary amides is 1. The summed E-state index contributed by atoms with van der Waals surface area (Å²) in [7, 11) is 0. The molecule has 150 valence electrons. The number of nitrogens with one attached hydrogen (secondary N) is 1. The molecule has 1 aliphatic rings. The first-order chi connectivity index (χ1) is 13.2. The Hall–Kier alpha value is -2.14. The van der Waals surface area contributed by atoms with Crippen LogP contribution in [0.5, 0.6) is 0 Å². The minimum atomic E-state index is -0.454. The van der Waals surface area contributed by atoms with Crippen LogP contribution in [-0.4, -0.2) is 11.8 Å². The van der Waals surface area contributed by atoms with Crippen LogP contribution >= 0.6 is 11.3 Å². The first-order valence-electron chi connectivity index (χ1n) is 10.1. The summed E-state index contributed by atoms with van der Waals surface area (Å²) in [5.41, 5.74) is 9.02. The molecule has 0 radical (unpaired) electrons. The van der Waals surface area contributed by atoms with Gasteiger partial charge in [0.15, 0.2) is 0 Å². The highest BCUT2D eigenvalue weighted by molar-refractivity contribution is 7.17. The van der Waals surface area contributed by atoms with E-state index in [2.05, 4.69) is 33.0 Å². The van der Waals surface area contributed by atoms with Crippen LogP contribution in [0.25, 0.3) is 0 Å². The quantitative estimate of drug-likeness (QED) is 0.717. The molecular formula is C23H30N2O2S. The maximum atomic E-state index is 12.8. The van der Waals surface area contributed by atoms with Gasteiger partial charge in [-0.2, -0.15) is 0 Å². The van der Waals surface area contributed by atoms with Crippen molar-refractivity contribution in [3.63, 3.8) is 0 Å². The maximum Gasteiger partial charge on any atom is 0.256 e. The number of amides is 2. The van der Waals surface area contributed by atoms with Crippen LogP contribution in [-0.2, 0) is 18.3 Å². The van der Waals surface area contributed by atoms with Crippen molar-refractivity contribution in [2.45, 2.75) is 65.2 Å². The molecule has 1 aliphatic carbocycles. The summed E-state index contributed by atoms with van der Waals surface area (Å²) >= 11 is 1.52. The zero-order valence-electron chi connectivity index (χ0n) is 17.2. The fraction of sp³-hybridized carbons (Fsp3) is 0.478. The second kappa shape index (κ2) is 8.08. The fourth-order valence-electron chi connectivity index (χ4n) is 3.95. The van der Waals surface area contributed by atoms with Gasteiger partial charge in [0, 0.05) is 10.4 Å². The Morgan fingerprint density at radius 3 is 2.46 bits per heavy atom.